The van der Waals surface area contributed by atoms with E-state index >= 15 is 0 Å². The van der Waals surface area contributed by atoms with Gasteiger partial charge in [0, 0.05) is 0 Å². The highest BCUT2D eigenvalue weighted by molar-refractivity contribution is 6.33. The van der Waals surface area contributed by atoms with Crippen molar-refractivity contribution in [1.29, 1.82) is 0 Å². The number of benzene rings is 2. The monoisotopic (exact) mass is 494 g/mol. The van der Waals surface area contributed by atoms with Crippen LogP contribution in [0.15, 0.2) is 33.1 Å². The third-order valence-corrected chi connectivity index (χ3v) is 5.53. The lowest BCUT2D eigenvalue weighted by atomic mass is 10.2. The highest BCUT2D eigenvalue weighted by atomic mass is 35.5. The quantitative estimate of drug-likeness (QED) is 0.256. The van der Waals surface area contributed by atoms with Crippen molar-refractivity contribution in [3.8, 4) is 0 Å². The summed E-state index contributed by atoms with van der Waals surface area (Å²) in [5, 5.41) is 22.2. The van der Waals surface area contributed by atoms with E-state index in [1.165, 1.54) is 24.3 Å². The van der Waals surface area contributed by atoms with Crippen molar-refractivity contribution in [3.63, 3.8) is 0 Å². The lowest BCUT2D eigenvalue weighted by molar-refractivity contribution is -0.384. The van der Waals surface area contributed by atoms with Gasteiger partial charge < -0.3 is 18.3 Å². The van der Waals surface area contributed by atoms with Crippen LogP contribution < -0.4 is 0 Å². The van der Waals surface area contributed by atoms with Crippen molar-refractivity contribution < 1.29 is 28.2 Å². The second-order valence-electron chi connectivity index (χ2n) is 7.64. The summed E-state index contributed by atoms with van der Waals surface area (Å²) >= 11 is 11.9. The number of ether oxygens (including phenoxy) is 2. The molecule has 0 amide bonds. The number of fused-ring (bicyclic) bond motifs is 2. The van der Waals surface area contributed by atoms with Crippen molar-refractivity contribution in [2.24, 2.45) is 0 Å². The van der Waals surface area contributed by atoms with E-state index in [0.717, 1.165) is 0 Å². The van der Waals surface area contributed by atoms with Crippen molar-refractivity contribution >= 4 is 56.8 Å². The summed E-state index contributed by atoms with van der Waals surface area (Å²) in [6.45, 7) is 3.32. The Morgan fingerprint density at radius 3 is 1.58 bits per heavy atom. The molecule has 1 saturated heterocycles. The summed E-state index contributed by atoms with van der Waals surface area (Å²) in [5.41, 5.74) is 0.177. The summed E-state index contributed by atoms with van der Waals surface area (Å²) in [4.78, 5) is 29.8. The van der Waals surface area contributed by atoms with Crippen molar-refractivity contribution in [3.05, 3.63) is 66.3 Å². The van der Waals surface area contributed by atoms with Crippen LogP contribution in [-0.4, -0.2) is 25.6 Å². The normalized spacial score (nSPS) is 20.0. The summed E-state index contributed by atoms with van der Waals surface area (Å²) in [5.74, 6) is -0.976. The standard InChI is InChI=1S/C19H12Cl2N4O8/c1-19(2)32-15(17-22-9-3-7(20)11(24(26)27)5-13(9)30-17)16(33-19)18-23-10-4-8(21)12(25(28)29)6-14(10)31-18/h3-6,15-16H,1-2H3/t15-,16-/m1/s1. The number of halogens is 2. The number of nitrogens with zero attached hydrogens (tertiary/aromatic N) is 4. The minimum absolute atomic E-state index is 0.0587. The molecule has 5 rings (SSSR count). The molecule has 2 atom stereocenters. The first-order valence-electron chi connectivity index (χ1n) is 9.37. The Balaban J connectivity index is 1.59. The Morgan fingerprint density at radius 1 is 0.818 bits per heavy atom. The zero-order chi connectivity index (χ0) is 23.7. The average Bonchev–Trinajstić information content (AvgIpc) is 3.39. The van der Waals surface area contributed by atoms with E-state index in [2.05, 4.69) is 9.97 Å². The van der Waals surface area contributed by atoms with Crippen LogP contribution in [0.25, 0.3) is 22.2 Å². The Morgan fingerprint density at radius 2 is 1.21 bits per heavy atom. The predicted molar refractivity (Wildman–Crippen MR) is 113 cm³/mol. The summed E-state index contributed by atoms with van der Waals surface area (Å²) in [6.07, 6.45) is -1.88. The number of nitro benzene ring substituents is 2. The molecular formula is C19H12Cl2N4O8. The van der Waals surface area contributed by atoms with E-state index in [-0.39, 0.29) is 55.4 Å². The molecule has 4 aromatic rings. The number of nitro groups is 2. The summed E-state index contributed by atoms with van der Waals surface area (Å²) < 4.78 is 23.3. The molecule has 2 aromatic heterocycles. The van der Waals surface area contributed by atoms with E-state index in [9.17, 15) is 20.2 Å². The molecule has 1 fully saturated rings. The maximum absolute atomic E-state index is 11.2. The van der Waals surface area contributed by atoms with E-state index in [0.29, 0.717) is 0 Å². The zero-order valence-electron chi connectivity index (χ0n) is 16.8. The molecule has 0 N–H and O–H groups in total. The first kappa shape index (κ1) is 21.5. The van der Waals surface area contributed by atoms with E-state index < -0.39 is 27.8 Å². The van der Waals surface area contributed by atoms with Crippen LogP contribution in [0.3, 0.4) is 0 Å². The van der Waals surface area contributed by atoms with Gasteiger partial charge >= 0.3 is 0 Å². The lowest BCUT2D eigenvalue weighted by Gasteiger charge is -2.15. The van der Waals surface area contributed by atoms with Crippen molar-refractivity contribution in [2.75, 3.05) is 0 Å². The second kappa shape index (κ2) is 7.35. The van der Waals surface area contributed by atoms with Gasteiger partial charge in [-0.3, -0.25) is 20.2 Å². The third kappa shape index (κ3) is 3.66. The predicted octanol–water partition coefficient (Wildman–Crippen LogP) is 5.66. The SMILES string of the molecule is CC1(C)O[C@@H](c2nc3cc(Cl)c([N+](=O)[O-])cc3o2)[C@H](c2nc3cc(Cl)c([N+](=O)[O-])cc3o2)O1. The Hall–Kier alpha value is -3.32. The van der Waals surface area contributed by atoms with Crippen LogP contribution in [0.2, 0.25) is 10.0 Å². The number of aromatic nitrogens is 2. The van der Waals surface area contributed by atoms with Crippen LogP contribution >= 0.6 is 23.2 Å². The van der Waals surface area contributed by atoms with Gasteiger partial charge in [-0.2, -0.15) is 0 Å². The maximum Gasteiger partial charge on any atom is 0.291 e. The number of oxazole rings is 2. The van der Waals surface area contributed by atoms with Crippen LogP contribution in [0, 0.1) is 20.2 Å². The minimum atomic E-state index is -1.09. The van der Waals surface area contributed by atoms with Gasteiger partial charge in [-0.05, 0) is 26.0 Å². The molecule has 2 aromatic carbocycles. The molecule has 0 saturated carbocycles. The average molecular weight is 495 g/mol. The zero-order valence-corrected chi connectivity index (χ0v) is 18.3. The molecule has 0 unspecified atom stereocenters. The molecule has 0 bridgehead atoms. The number of hydrogen-bond acceptors (Lipinski definition) is 10. The largest absolute Gasteiger partial charge is 0.437 e. The molecule has 12 nitrogen and oxygen atoms in total. The van der Waals surface area contributed by atoms with Gasteiger partial charge in [-0.1, -0.05) is 23.2 Å². The summed E-state index contributed by atoms with van der Waals surface area (Å²) in [7, 11) is 0. The highest BCUT2D eigenvalue weighted by Crippen LogP contribution is 2.48. The topological polar surface area (TPSA) is 157 Å². The van der Waals surface area contributed by atoms with Gasteiger partial charge in [0.05, 0.1) is 22.0 Å². The molecule has 0 radical (unpaired) electrons. The van der Waals surface area contributed by atoms with Crippen molar-refractivity contribution in [1.82, 2.24) is 9.97 Å². The molecule has 1 aliphatic heterocycles. The van der Waals surface area contributed by atoms with Gasteiger partial charge in [0.2, 0.25) is 11.8 Å². The maximum atomic E-state index is 11.2. The number of hydrogen-bond donors (Lipinski definition) is 0. The van der Waals surface area contributed by atoms with Gasteiger partial charge in [-0.25, -0.2) is 9.97 Å². The smallest absolute Gasteiger partial charge is 0.291 e. The molecular weight excluding hydrogens is 483 g/mol. The van der Waals surface area contributed by atoms with E-state index in [4.69, 9.17) is 41.5 Å². The van der Waals surface area contributed by atoms with E-state index in [1.807, 2.05) is 0 Å². The first-order valence-corrected chi connectivity index (χ1v) is 10.1. The fourth-order valence-corrected chi connectivity index (χ4v) is 4.01. The Bertz CT molecular complexity index is 1360. The second-order valence-corrected chi connectivity index (χ2v) is 8.45. The van der Waals surface area contributed by atoms with Gasteiger partial charge in [-0.15, -0.1) is 0 Å². The fraction of sp³-hybridized carbons (Fsp3) is 0.263. The molecule has 3 heterocycles. The first-order chi connectivity index (χ1) is 15.5. The third-order valence-electron chi connectivity index (χ3n) is 4.92. The Labute approximate surface area is 193 Å². The molecule has 14 heteroatoms. The molecule has 0 spiro atoms. The summed E-state index contributed by atoms with van der Waals surface area (Å²) in [6, 6.07) is 4.98. The number of rotatable bonds is 4. The van der Waals surface area contributed by atoms with Gasteiger partial charge in [0.25, 0.3) is 11.4 Å². The van der Waals surface area contributed by atoms with Crippen molar-refractivity contribution in [2.45, 2.75) is 31.8 Å². The van der Waals surface area contributed by atoms with Crippen LogP contribution in [-0.2, 0) is 9.47 Å². The molecule has 33 heavy (non-hydrogen) atoms. The van der Waals surface area contributed by atoms with Crippen LogP contribution in [0.1, 0.15) is 37.8 Å². The van der Waals surface area contributed by atoms with Gasteiger partial charge in [0.1, 0.15) is 21.1 Å². The molecule has 1 aliphatic rings. The minimum Gasteiger partial charge on any atom is -0.437 e. The Kier molecular flexibility index (Phi) is 4.79. The van der Waals surface area contributed by atoms with Gasteiger partial charge in [0.15, 0.2) is 29.2 Å². The van der Waals surface area contributed by atoms with Crippen LogP contribution in [0.5, 0.6) is 0 Å². The highest BCUT2D eigenvalue weighted by Gasteiger charge is 2.48. The van der Waals surface area contributed by atoms with E-state index in [1.54, 1.807) is 13.8 Å². The molecule has 170 valence electrons. The van der Waals surface area contributed by atoms with Crippen LogP contribution in [0.4, 0.5) is 11.4 Å². The fourth-order valence-electron chi connectivity index (χ4n) is 3.56. The molecule has 0 aliphatic carbocycles. The lowest BCUT2D eigenvalue weighted by Crippen LogP contribution is -2.20.